The third-order valence-corrected chi connectivity index (χ3v) is 4.54. The Morgan fingerprint density at radius 3 is 2.65 bits per heavy atom. The fourth-order valence-electron chi connectivity index (χ4n) is 3.18. The Balaban J connectivity index is 1.94. The summed E-state index contributed by atoms with van der Waals surface area (Å²) in [5, 5.41) is 8.57. The van der Waals surface area contributed by atoms with Gasteiger partial charge < -0.3 is 5.73 Å². The summed E-state index contributed by atoms with van der Waals surface area (Å²) < 4.78 is 2.10. The first-order valence-corrected chi connectivity index (χ1v) is 8.32. The van der Waals surface area contributed by atoms with Crippen molar-refractivity contribution in [1.82, 2.24) is 15.0 Å². The third kappa shape index (κ3) is 4.30. The van der Waals surface area contributed by atoms with E-state index in [0.29, 0.717) is 12.5 Å². The molecule has 0 bridgehead atoms. The molecule has 0 radical (unpaired) electrons. The number of nitrogens with two attached hydrogens (primary N) is 1. The summed E-state index contributed by atoms with van der Waals surface area (Å²) in [5.41, 5.74) is 8.11. The lowest BCUT2D eigenvalue weighted by molar-refractivity contribution is 0.335. The van der Waals surface area contributed by atoms with Crippen LogP contribution in [-0.4, -0.2) is 15.0 Å². The van der Waals surface area contributed by atoms with Gasteiger partial charge in [0.25, 0.3) is 0 Å². The summed E-state index contributed by atoms with van der Waals surface area (Å²) >= 11 is 0. The van der Waals surface area contributed by atoms with Gasteiger partial charge in [0, 0.05) is 13.1 Å². The second-order valence-corrected chi connectivity index (χ2v) is 6.64. The number of hydrogen-bond donors (Lipinski definition) is 1. The minimum atomic E-state index is 0.516. The van der Waals surface area contributed by atoms with E-state index in [1.165, 1.54) is 44.2 Å². The highest BCUT2D eigenvalue weighted by Crippen LogP contribution is 2.27. The van der Waals surface area contributed by atoms with Crippen LogP contribution in [0.2, 0.25) is 0 Å². The Labute approximate surface area is 123 Å². The summed E-state index contributed by atoms with van der Waals surface area (Å²) in [6, 6.07) is 0. The van der Waals surface area contributed by atoms with Crippen molar-refractivity contribution >= 4 is 0 Å². The molecule has 1 aliphatic carbocycles. The molecule has 4 heteroatoms. The van der Waals surface area contributed by atoms with Gasteiger partial charge in [0.2, 0.25) is 0 Å². The van der Waals surface area contributed by atoms with Gasteiger partial charge in [0.05, 0.1) is 11.4 Å². The zero-order chi connectivity index (χ0) is 14.4. The maximum Gasteiger partial charge on any atom is 0.0994 e. The van der Waals surface area contributed by atoms with Crippen molar-refractivity contribution in [3.8, 4) is 0 Å². The van der Waals surface area contributed by atoms with Crippen LogP contribution in [0.4, 0.5) is 0 Å². The summed E-state index contributed by atoms with van der Waals surface area (Å²) in [5.74, 6) is 1.61. The number of aryl methyl sites for hydroxylation is 1. The van der Waals surface area contributed by atoms with E-state index in [-0.39, 0.29) is 0 Å². The Morgan fingerprint density at radius 1 is 1.25 bits per heavy atom. The summed E-state index contributed by atoms with van der Waals surface area (Å²) in [6.07, 6.45) is 10.6. The van der Waals surface area contributed by atoms with E-state index in [4.69, 9.17) is 5.73 Å². The molecule has 0 atom stereocenters. The van der Waals surface area contributed by atoms with Crippen molar-refractivity contribution in [2.24, 2.45) is 17.6 Å². The fraction of sp³-hybridized carbons (Fsp3) is 0.875. The third-order valence-electron chi connectivity index (χ3n) is 4.54. The van der Waals surface area contributed by atoms with Gasteiger partial charge in [0.1, 0.15) is 0 Å². The number of nitrogens with zero attached hydrogens (tertiary/aromatic N) is 3. The van der Waals surface area contributed by atoms with Gasteiger partial charge in [-0.05, 0) is 31.1 Å². The molecule has 0 spiro atoms. The molecule has 0 unspecified atom stereocenters. The summed E-state index contributed by atoms with van der Waals surface area (Å²) in [7, 11) is 0. The van der Waals surface area contributed by atoms with Gasteiger partial charge in [-0.25, -0.2) is 4.68 Å². The first-order chi connectivity index (χ1) is 9.70. The molecular formula is C16H30N4. The van der Waals surface area contributed by atoms with Crippen LogP contribution in [-0.2, 0) is 19.5 Å². The van der Waals surface area contributed by atoms with Gasteiger partial charge in [-0.1, -0.05) is 51.2 Å². The highest BCUT2D eigenvalue weighted by atomic mass is 15.4. The Bertz CT molecular complexity index is 391. The Hall–Kier alpha value is -0.900. The maximum absolute atomic E-state index is 5.81. The zero-order valence-electron chi connectivity index (χ0n) is 13.1. The topological polar surface area (TPSA) is 56.7 Å². The second-order valence-electron chi connectivity index (χ2n) is 6.64. The second kappa shape index (κ2) is 7.77. The van der Waals surface area contributed by atoms with Gasteiger partial charge in [-0.2, -0.15) is 0 Å². The number of rotatable bonds is 7. The fourth-order valence-corrected chi connectivity index (χ4v) is 3.18. The van der Waals surface area contributed by atoms with Crippen LogP contribution in [0, 0.1) is 11.8 Å². The maximum atomic E-state index is 5.81. The van der Waals surface area contributed by atoms with E-state index in [0.717, 1.165) is 31.0 Å². The van der Waals surface area contributed by atoms with Crippen LogP contribution in [0.1, 0.15) is 70.2 Å². The van der Waals surface area contributed by atoms with Crippen LogP contribution >= 0.6 is 0 Å². The van der Waals surface area contributed by atoms with Crippen molar-refractivity contribution < 1.29 is 0 Å². The molecule has 1 aromatic heterocycles. The van der Waals surface area contributed by atoms with E-state index < -0.39 is 0 Å². The van der Waals surface area contributed by atoms with Crippen molar-refractivity contribution in [2.75, 3.05) is 0 Å². The van der Waals surface area contributed by atoms with E-state index >= 15 is 0 Å². The molecule has 4 nitrogen and oxygen atoms in total. The minimum Gasteiger partial charge on any atom is -0.325 e. The predicted molar refractivity (Wildman–Crippen MR) is 82.3 cm³/mol. The largest absolute Gasteiger partial charge is 0.325 e. The van der Waals surface area contributed by atoms with Gasteiger partial charge >= 0.3 is 0 Å². The smallest absolute Gasteiger partial charge is 0.0994 e. The van der Waals surface area contributed by atoms with Crippen molar-refractivity contribution in [2.45, 2.75) is 78.3 Å². The highest BCUT2D eigenvalue weighted by Gasteiger charge is 2.17. The normalized spacial score (nSPS) is 17.0. The molecule has 0 aromatic carbocycles. The van der Waals surface area contributed by atoms with Crippen molar-refractivity contribution in [1.29, 1.82) is 0 Å². The van der Waals surface area contributed by atoms with Crippen LogP contribution < -0.4 is 5.73 Å². The average Bonchev–Trinajstić information content (AvgIpc) is 2.86. The first-order valence-electron chi connectivity index (χ1n) is 8.32. The lowest BCUT2D eigenvalue weighted by Crippen LogP contribution is -2.13. The molecule has 114 valence electrons. The van der Waals surface area contributed by atoms with Crippen molar-refractivity contribution in [3.63, 3.8) is 0 Å². The quantitative estimate of drug-likeness (QED) is 0.832. The van der Waals surface area contributed by atoms with E-state index in [1.807, 2.05) is 0 Å². The molecule has 1 aliphatic rings. The van der Waals surface area contributed by atoms with E-state index in [9.17, 15) is 0 Å². The van der Waals surface area contributed by atoms with Crippen LogP contribution in [0.5, 0.6) is 0 Å². The standard InChI is InChI=1S/C16H30N4/c1-13(2)10-11-20-16(15(12-17)18-19-20)9-8-14-6-4-3-5-7-14/h13-14H,3-12,17H2,1-2H3. The van der Waals surface area contributed by atoms with E-state index in [2.05, 4.69) is 28.8 Å². The monoisotopic (exact) mass is 278 g/mol. The minimum absolute atomic E-state index is 0.516. The Kier molecular flexibility index (Phi) is 6.02. The molecule has 2 N–H and O–H groups in total. The molecule has 1 aromatic rings. The van der Waals surface area contributed by atoms with Gasteiger partial charge in [0.15, 0.2) is 0 Å². The molecule has 0 aliphatic heterocycles. The average molecular weight is 278 g/mol. The number of aromatic nitrogens is 3. The SMILES string of the molecule is CC(C)CCn1nnc(CN)c1CCC1CCCCC1. The lowest BCUT2D eigenvalue weighted by Gasteiger charge is -2.21. The van der Waals surface area contributed by atoms with Gasteiger partial charge in [-0.3, -0.25) is 0 Å². The lowest BCUT2D eigenvalue weighted by atomic mass is 9.85. The van der Waals surface area contributed by atoms with E-state index in [1.54, 1.807) is 0 Å². The summed E-state index contributed by atoms with van der Waals surface area (Å²) in [4.78, 5) is 0. The van der Waals surface area contributed by atoms with Crippen LogP contribution in [0.25, 0.3) is 0 Å². The Morgan fingerprint density at radius 2 is 2.00 bits per heavy atom. The first kappa shape index (κ1) is 15.5. The predicted octanol–water partition coefficient (Wildman–Crippen LogP) is 3.30. The summed E-state index contributed by atoms with van der Waals surface area (Å²) in [6.45, 7) is 6.00. The molecule has 20 heavy (non-hydrogen) atoms. The van der Waals surface area contributed by atoms with Crippen LogP contribution in [0.15, 0.2) is 0 Å². The molecule has 0 saturated heterocycles. The molecule has 1 heterocycles. The highest BCUT2D eigenvalue weighted by molar-refractivity contribution is 5.10. The van der Waals surface area contributed by atoms with Gasteiger partial charge in [-0.15, -0.1) is 5.10 Å². The molecule has 1 saturated carbocycles. The molecule has 1 fully saturated rings. The molecular weight excluding hydrogens is 248 g/mol. The van der Waals surface area contributed by atoms with Crippen molar-refractivity contribution in [3.05, 3.63) is 11.4 Å². The zero-order valence-corrected chi connectivity index (χ0v) is 13.1. The molecule has 0 amide bonds. The van der Waals surface area contributed by atoms with Crippen LogP contribution in [0.3, 0.4) is 0 Å². The number of hydrogen-bond acceptors (Lipinski definition) is 3. The molecule has 2 rings (SSSR count).